The average Bonchev–Trinajstić information content (AvgIpc) is 2.83. The molecule has 0 aromatic heterocycles. The lowest BCUT2D eigenvalue weighted by molar-refractivity contribution is 0.0887. The lowest BCUT2D eigenvalue weighted by Crippen LogP contribution is -2.44. The number of likely N-dealkylation sites (tertiary alicyclic amines) is 1. The number of fused-ring (bicyclic) bond motifs is 1. The highest BCUT2D eigenvalue weighted by Crippen LogP contribution is 2.46. The van der Waals surface area contributed by atoms with E-state index in [1.54, 1.807) is 0 Å². The molecule has 1 aromatic rings. The minimum absolute atomic E-state index is 0.179. The number of aliphatic hydroxyl groups is 2. The molecule has 192 valence electrons. The van der Waals surface area contributed by atoms with Crippen LogP contribution in [0.2, 0.25) is 0 Å². The minimum Gasteiger partial charge on any atom is -0.394 e. The Bertz CT molecular complexity index is 993. The number of allylic oxidation sites excluding steroid dienone is 6. The molecule has 1 aromatic carbocycles. The van der Waals surface area contributed by atoms with E-state index in [1.165, 1.54) is 46.4 Å². The van der Waals surface area contributed by atoms with Crippen LogP contribution in [0, 0.1) is 0 Å². The van der Waals surface area contributed by atoms with Crippen LogP contribution in [0.1, 0.15) is 89.8 Å². The molecule has 0 bridgehead atoms. The van der Waals surface area contributed by atoms with Gasteiger partial charge in [-0.3, -0.25) is 0 Å². The third-order valence-corrected chi connectivity index (χ3v) is 8.69. The van der Waals surface area contributed by atoms with E-state index in [0.29, 0.717) is 12.6 Å². The topological polar surface area (TPSA) is 55.7 Å². The maximum Gasteiger partial charge on any atom is 0.0895 e. The predicted octanol–water partition coefficient (Wildman–Crippen LogP) is 5.45. The second-order valence-electron chi connectivity index (χ2n) is 12.2. The molecule has 4 nitrogen and oxygen atoms in total. The summed E-state index contributed by atoms with van der Waals surface area (Å²) in [6.07, 6.45) is 13.0. The number of aliphatic hydroxyl groups excluding tert-OH is 2. The van der Waals surface area contributed by atoms with Crippen molar-refractivity contribution in [3.05, 3.63) is 64.4 Å². The Labute approximate surface area is 212 Å². The Morgan fingerprint density at radius 3 is 2.40 bits per heavy atom. The Kier molecular flexibility index (Phi) is 7.95. The van der Waals surface area contributed by atoms with E-state index in [4.69, 9.17) is 5.11 Å². The van der Waals surface area contributed by atoms with E-state index >= 15 is 0 Å². The SMILES string of the molecule is CC1=C(c2ccc3c(c2)C(C)(C)CCC3(C)C)C=CC=C(N2CCC(NCC(O)CO)CC2)CC1. The van der Waals surface area contributed by atoms with E-state index in [-0.39, 0.29) is 17.4 Å². The fourth-order valence-corrected chi connectivity index (χ4v) is 6.03. The van der Waals surface area contributed by atoms with Crippen LogP contribution in [0.25, 0.3) is 5.57 Å². The van der Waals surface area contributed by atoms with Crippen LogP contribution in [0.3, 0.4) is 0 Å². The van der Waals surface area contributed by atoms with Gasteiger partial charge in [-0.2, -0.15) is 0 Å². The largest absolute Gasteiger partial charge is 0.394 e. The van der Waals surface area contributed by atoms with Crippen molar-refractivity contribution >= 4 is 5.57 Å². The second kappa shape index (κ2) is 10.6. The summed E-state index contributed by atoms with van der Waals surface area (Å²) in [5.41, 5.74) is 9.17. The van der Waals surface area contributed by atoms with Gasteiger partial charge in [0.1, 0.15) is 0 Å². The summed E-state index contributed by atoms with van der Waals surface area (Å²) in [5.74, 6) is 0. The standard InChI is InChI=1S/C31H46N2O2/c1-22-9-11-25(33-17-13-24(14-18-33)32-20-26(35)21-34)7-6-8-27(22)23-10-12-28-29(19-23)31(4,5)16-15-30(28,2)3/h6-8,10,12,19,24,26,32,34-35H,9,11,13-18,20-21H2,1-5H3. The van der Waals surface area contributed by atoms with E-state index in [1.807, 2.05) is 0 Å². The molecular formula is C31H46N2O2. The van der Waals surface area contributed by atoms with Crippen LogP contribution in [0.5, 0.6) is 0 Å². The summed E-state index contributed by atoms with van der Waals surface area (Å²) in [5, 5.41) is 22.0. The Morgan fingerprint density at radius 1 is 1.03 bits per heavy atom. The Morgan fingerprint density at radius 2 is 1.71 bits per heavy atom. The molecule has 4 rings (SSSR count). The van der Waals surface area contributed by atoms with Gasteiger partial charge in [-0.1, -0.05) is 63.6 Å². The maximum atomic E-state index is 9.59. The van der Waals surface area contributed by atoms with E-state index in [2.05, 4.69) is 81.3 Å². The van der Waals surface area contributed by atoms with Crippen molar-refractivity contribution in [3.8, 4) is 0 Å². The van der Waals surface area contributed by atoms with Gasteiger partial charge >= 0.3 is 0 Å². The van der Waals surface area contributed by atoms with Crippen molar-refractivity contribution in [3.63, 3.8) is 0 Å². The zero-order valence-electron chi connectivity index (χ0n) is 22.5. The molecule has 0 spiro atoms. The highest BCUT2D eigenvalue weighted by Gasteiger charge is 2.37. The van der Waals surface area contributed by atoms with Crippen molar-refractivity contribution in [1.82, 2.24) is 10.2 Å². The normalized spacial score (nSPS) is 23.4. The second-order valence-corrected chi connectivity index (χ2v) is 12.2. The molecule has 3 aliphatic rings. The van der Waals surface area contributed by atoms with Crippen LogP contribution < -0.4 is 5.32 Å². The monoisotopic (exact) mass is 478 g/mol. The smallest absolute Gasteiger partial charge is 0.0895 e. The molecule has 35 heavy (non-hydrogen) atoms. The van der Waals surface area contributed by atoms with Gasteiger partial charge in [-0.25, -0.2) is 0 Å². The number of hydrogen-bond donors (Lipinski definition) is 3. The molecule has 2 aliphatic carbocycles. The van der Waals surface area contributed by atoms with Gasteiger partial charge in [-0.05, 0) is 84.6 Å². The van der Waals surface area contributed by atoms with Gasteiger partial charge in [0.15, 0.2) is 0 Å². The third-order valence-electron chi connectivity index (χ3n) is 8.69. The van der Waals surface area contributed by atoms with Gasteiger partial charge in [0.2, 0.25) is 0 Å². The molecule has 1 aliphatic heterocycles. The number of rotatable bonds is 6. The lowest BCUT2D eigenvalue weighted by atomic mass is 9.63. The molecule has 0 saturated carbocycles. The summed E-state index contributed by atoms with van der Waals surface area (Å²) < 4.78 is 0. The van der Waals surface area contributed by atoms with Gasteiger partial charge in [0, 0.05) is 31.4 Å². The highest BCUT2D eigenvalue weighted by atomic mass is 16.3. The number of benzene rings is 1. The third kappa shape index (κ3) is 5.93. The highest BCUT2D eigenvalue weighted by molar-refractivity contribution is 5.78. The van der Waals surface area contributed by atoms with Crippen molar-refractivity contribution in [2.45, 2.75) is 96.1 Å². The van der Waals surface area contributed by atoms with E-state index < -0.39 is 6.10 Å². The molecule has 3 N–H and O–H groups in total. The van der Waals surface area contributed by atoms with Crippen molar-refractivity contribution in [2.24, 2.45) is 0 Å². The average molecular weight is 479 g/mol. The first-order valence-electron chi connectivity index (χ1n) is 13.6. The summed E-state index contributed by atoms with van der Waals surface area (Å²) in [4.78, 5) is 2.53. The van der Waals surface area contributed by atoms with Crippen LogP contribution in [0.15, 0.2) is 47.7 Å². The van der Waals surface area contributed by atoms with E-state index in [0.717, 1.165) is 38.8 Å². The minimum atomic E-state index is -0.664. The quantitative estimate of drug-likeness (QED) is 0.509. The summed E-state index contributed by atoms with van der Waals surface area (Å²) >= 11 is 0. The molecule has 1 heterocycles. The Balaban J connectivity index is 1.46. The van der Waals surface area contributed by atoms with Gasteiger partial charge in [0.05, 0.1) is 12.7 Å². The van der Waals surface area contributed by atoms with Crippen LogP contribution in [-0.4, -0.2) is 53.5 Å². The number of nitrogens with one attached hydrogen (secondary N) is 1. The maximum absolute atomic E-state index is 9.59. The summed E-state index contributed by atoms with van der Waals surface area (Å²) in [6.45, 7) is 14.3. The molecule has 4 heteroatoms. The predicted molar refractivity (Wildman–Crippen MR) is 146 cm³/mol. The van der Waals surface area contributed by atoms with Gasteiger partial charge in [0.25, 0.3) is 0 Å². The molecule has 1 atom stereocenters. The van der Waals surface area contributed by atoms with Gasteiger partial charge < -0.3 is 20.4 Å². The molecule has 1 fully saturated rings. The molecule has 1 unspecified atom stereocenters. The lowest BCUT2D eigenvalue weighted by Gasteiger charge is -2.42. The zero-order valence-corrected chi connectivity index (χ0v) is 22.5. The van der Waals surface area contributed by atoms with Crippen molar-refractivity contribution < 1.29 is 10.2 Å². The molecular weight excluding hydrogens is 432 g/mol. The number of piperidine rings is 1. The first-order valence-corrected chi connectivity index (χ1v) is 13.6. The van der Waals surface area contributed by atoms with Crippen molar-refractivity contribution in [2.75, 3.05) is 26.2 Å². The fourth-order valence-electron chi connectivity index (χ4n) is 6.03. The molecule has 0 radical (unpaired) electrons. The first-order chi connectivity index (χ1) is 16.6. The first kappa shape index (κ1) is 26.2. The summed E-state index contributed by atoms with van der Waals surface area (Å²) in [7, 11) is 0. The fraction of sp³-hybridized carbons (Fsp3) is 0.613. The number of hydrogen-bond acceptors (Lipinski definition) is 4. The van der Waals surface area contributed by atoms with Gasteiger partial charge in [-0.15, -0.1) is 0 Å². The van der Waals surface area contributed by atoms with Crippen LogP contribution >= 0.6 is 0 Å². The van der Waals surface area contributed by atoms with E-state index in [9.17, 15) is 5.11 Å². The molecule has 1 saturated heterocycles. The molecule has 0 amide bonds. The Hall–Kier alpha value is -1.88. The zero-order chi connectivity index (χ0) is 25.2. The summed E-state index contributed by atoms with van der Waals surface area (Å²) in [6, 6.07) is 7.65. The van der Waals surface area contributed by atoms with Crippen molar-refractivity contribution in [1.29, 1.82) is 0 Å². The van der Waals surface area contributed by atoms with Crippen LogP contribution in [-0.2, 0) is 10.8 Å². The van der Waals surface area contributed by atoms with Crippen LogP contribution in [0.4, 0.5) is 0 Å². The number of nitrogens with zero attached hydrogens (tertiary/aromatic N) is 1.